The van der Waals surface area contributed by atoms with Crippen LogP contribution in [0, 0.1) is 0 Å². The van der Waals surface area contributed by atoms with Gasteiger partial charge in [-0.15, -0.1) is 0 Å². The molecule has 0 aromatic heterocycles. The Morgan fingerprint density at radius 1 is 0.818 bits per heavy atom. The van der Waals surface area contributed by atoms with Crippen LogP contribution in [-0.4, -0.2) is 34.5 Å². The SMILES string of the molecule is CCCCCCC(O)CCCCCCCCCCC(=O)[O-].[Al+3]. The minimum atomic E-state index is -0.928. The molecule has 0 saturated carbocycles. The van der Waals surface area contributed by atoms with Gasteiger partial charge in [0, 0.05) is 5.97 Å². The summed E-state index contributed by atoms with van der Waals surface area (Å²) >= 11 is 0. The van der Waals surface area contributed by atoms with Crippen molar-refractivity contribution in [3.8, 4) is 0 Å². The number of unbranched alkanes of at least 4 members (excludes halogenated alkanes) is 10. The summed E-state index contributed by atoms with van der Waals surface area (Å²) in [6.07, 6.45) is 15.9. The fraction of sp³-hybridized carbons (Fsp3) is 0.944. The first-order chi connectivity index (χ1) is 10.2. The van der Waals surface area contributed by atoms with E-state index in [1.165, 1.54) is 51.4 Å². The van der Waals surface area contributed by atoms with Crippen molar-refractivity contribution in [2.24, 2.45) is 0 Å². The van der Waals surface area contributed by atoms with E-state index in [0.717, 1.165) is 38.5 Å². The maximum atomic E-state index is 10.2. The normalized spacial score (nSPS) is 11.9. The molecule has 0 fully saturated rings. The second-order valence-electron chi connectivity index (χ2n) is 6.24. The Balaban J connectivity index is 0. The maximum Gasteiger partial charge on any atom is 3.00 e. The van der Waals surface area contributed by atoms with Gasteiger partial charge in [-0.2, -0.15) is 0 Å². The quantitative estimate of drug-likeness (QED) is 0.348. The van der Waals surface area contributed by atoms with Gasteiger partial charge in [-0.05, 0) is 25.7 Å². The average molecular weight is 326 g/mol. The molecule has 0 radical (unpaired) electrons. The Morgan fingerprint density at radius 3 is 1.68 bits per heavy atom. The predicted molar refractivity (Wildman–Crippen MR) is 91.7 cm³/mol. The monoisotopic (exact) mass is 326 g/mol. The van der Waals surface area contributed by atoms with Gasteiger partial charge in [0.25, 0.3) is 0 Å². The molecule has 0 aliphatic carbocycles. The standard InChI is InChI=1S/C18H36O3.Al/c1-2-3-4-11-14-17(19)15-12-9-7-5-6-8-10-13-16-18(20)21;/h17,19H,2-16H2,1H3,(H,20,21);/q;+3/p-1. The molecule has 22 heavy (non-hydrogen) atoms. The summed E-state index contributed by atoms with van der Waals surface area (Å²) < 4.78 is 0. The first kappa shape index (κ1) is 24.2. The van der Waals surface area contributed by atoms with Gasteiger partial charge < -0.3 is 15.0 Å². The molecule has 0 rings (SSSR count). The van der Waals surface area contributed by atoms with Crippen LogP contribution >= 0.6 is 0 Å². The topological polar surface area (TPSA) is 60.4 Å². The van der Waals surface area contributed by atoms with Crippen LogP contribution in [-0.2, 0) is 4.79 Å². The Morgan fingerprint density at radius 2 is 1.23 bits per heavy atom. The number of aliphatic hydroxyl groups excluding tert-OH is 1. The molecular weight excluding hydrogens is 291 g/mol. The Hall–Kier alpha value is -0.0375. The molecule has 1 unspecified atom stereocenters. The number of carbonyl (C=O) groups is 1. The van der Waals surface area contributed by atoms with Crippen molar-refractivity contribution < 1.29 is 15.0 Å². The molecule has 0 heterocycles. The summed E-state index contributed by atoms with van der Waals surface area (Å²) in [4.78, 5) is 10.2. The molecular formula is C18H35AlO3+2. The molecule has 1 N–H and O–H groups in total. The second kappa shape index (κ2) is 19.0. The first-order valence-corrected chi connectivity index (χ1v) is 9.04. The van der Waals surface area contributed by atoms with E-state index >= 15 is 0 Å². The number of carboxylic acids is 1. The van der Waals surface area contributed by atoms with Gasteiger partial charge in [0.15, 0.2) is 0 Å². The van der Waals surface area contributed by atoms with Gasteiger partial charge in [0.2, 0.25) is 0 Å². The third kappa shape index (κ3) is 20.0. The average Bonchev–Trinajstić information content (AvgIpc) is 2.45. The summed E-state index contributed by atoms with van der Waals surface area (Å²) in [5.41, 5.74) is 0. The van der Waals surface area contributed by atoms with E-state index in [-0.39, 0.29) is 29.9 Å². The van der Waals surface area contributed by atoms with Crippen molar-refractivity contribution in [1.82, 2.24) is 0 Å². The van der Waals surface area contributed by atoms with Crippen molar-refractivity contribution in [3.63, 3.8) is 0 Å². The van der Waals surface area contributed by atoms with Crippen LogP contribution in [0.15, 0.2) is 0 Å². The Labute approximate surface area is 148 Å². The van der Waals surface area contributed by atoms with E-state index < -0.39 is 5.97 Å². The predicted octanol–water partition coefficient (Wildman–Crippen LogP) is 3.59. The third-order valence-corrected chi connectivity index (χ3v) is 4.06. The van der Waals surface area contributed by atoms with Crippen molar-refractivity contribution in [2.45, 2.75) is 109 Å². The first-order valence-electron chi connectivity index (χ1n) is 9.04. The van der Waals surface area contributed by atoms with Crippen molar-refractivity contribution in [3.05, 3.63) is 0 Å². The summed E-state index contributed by atoms with van der Waals surface area (Å²) in [5, 5.41) is 20.1. The number of carbonyl (C=O) groups excluding carboxylic acids is 1. The number of aliphatic carboxylic acids is 1. The molecule has 0 amide bonds. The Bertz CT molecular complexity index is 234. The number of rotatable bonds is 16. The van der Waals surface area contributed by atoms with Crippen molar-refractivity contribution >= 4 is 23.3 Å². The summed E-state index contributed by atoms with van der Waals surface area (Å²) in [7, 11) is 0. The minimum absolute atomic E-state index is 0. The fourth-order valence-electron chi connectivity index (χ4n) is 2.66. The number of aliphatic hydroxyl groups is 1. The van der Waals surface area contributed by atoms with Gasteiger partial charge >= 0.3 is 17.4 Å². The molecule has 0 aliphatic heterocycles. The van der Waals surface area contributed by atoms with Crippen molar-refractivity contribution in [2.75, 3.05) is 0 Å². The molecule has 0 aliphatic rings. The largest absolute Gasteiger partial charge is 3.00 e. The van der Waals surface area contributed by atoms with Crippen LogP contribution in [0.25, 0.3) is 0 Å². The zero-order chi connectivity index (χ0) is 15.8. The van der Waals surface area contributed by atoms with Crippen LogP contribution in [0.4, 0.5) is 0 Å². The minimum Gasteiger partial charge on any atom is -0.550 e. The van der Waals surface area contributed by atoms with Gasteiger partial charge in [0.05, 0.1) is 6.10 Å². The van der Waals surface area contributed by atoms with Crippen LogP contribution in [0.5, 0.6) is 0 Å². The zero-order valence-electron chi connectivity index (χ0n) is 14.5. The molecule has 4 heteroatoms. The Kier molecular flexibility index (Phi) is 20.9. The molecule has 0 aromatic rings. The van der Waals surface area contributed by atoms with E-state index in [0.29, 0.717) is 0 Å². The molecule has 3 nitrogen and oxygen atoms in total. The van der Waals surface area contributed by atoms with E-state index in [2.05, 4.69) is 6.92 Å². The molecule has 0 spiro atoms. The van der Waals surface area contributed by atoms with E-state index in [4.69, 9.17) is 0 Å². The fourth-order valence-corrected chi connectivity index (χ4v) is 2.66. The second-order valence-corrected chi connectivity index (χ2v) is 6.24. The maximum absolute atomic E-state index is 10.2. The molecule has 0 bridgehead atoms. The summed E-state index contributed by atoms with van der Waals surface area (Å²) in [5.74, 6) is -0.928. The van der Waals surface area contributed by atoms with Gasteiger partial charge in [-0.25, -0.2) is 0 Å². The number of hydrogen-bond acceptors (Lipinski definition) is 3. The van der Waals surface area contributed by atoms with Gasteiger partial charge in [-0.1, -0.05) is 77.6 Å². The van der Waals surface area contributed by atoms with Crippen LogP contribution in [0.3, 0.4) is 0 Å². The molecule has 126 valence electrons. The zero-order valence-corrected chi connectivity index (χ0v) is 15.7. The number of hydrogen-bond donors (Lipinski definition) is 1. The molecule has 1 atom stereocenters. The smallest absolute Gasteiger partial charge is 0.550 e. The van der Waals surface area contributed by atoms with E-state index in [9.17, 15) is 15.0 Å². The molecule has 0 saturated heterocycles. The van der Waals surface area contributed by atoms with Crippen LogP contribution in [0.1, 0.15) is 103 Å². The van der Waals surface area contributed by atoms with Crippen LogP contribution < -0.4 is 5.11 Å². The summed E-state index contributed by atoms with van der Waals surface area (Å²) in [6.45, 7) is 2.21. The van der Waals surface area contributed by atoms with Gasteiger partial charge in [0.1, 0.15) is 0 Å². The van der Waals surface area contributed by atoms with E-state index in [1.807, 2.05) is 0 Å². The number of carboxylic acid groups (broad SMARTS) is 1. The van der Waals surface area contributed by atoms with E-state index in [1.54, 1.807) is 0 Å². The van der Waals surface area contributed by atoms with Crippen LogP contribution in [0.2, 0.25) is 0 Å². The van der Waals surface area contributed by atoms with Gasteiger partial charge in [-0.3, -0.25) is 0 Å². The summed E-state index contributed by atoms with van der Waals surface area (Å²) in [6, 6.07) is 0. The van der Waals surface area contributed by atoms with Crippen molar-refractivity contribution in [1.29, 1.82) is 0 Å². The third-order valence-electron chi connectivity index (χ3n) is 4.06. The molecule has 0 aromatic carbocycles.